The van der Waals surface area contributed by atoms with Gasteiger partial charge in [0.2, 0.25) is 5.95 Å². The maximum atomic E-state index is 5.65. The van der Waals surface area contributed by atoms with E-state index in [1.165, 1.54) is 4.88 Å². The summed E-state index contributed by atoms with van der Waals surface area (Å²) in [7, 11) is 0. The van der Waals surface area contributed by atoms with Crippen molar-refractivity contribution in [2.75, 3.05) is 17.6 Å². The summed E-state index contributed by atoms with van der Waals surface area (Å²) in [6.45, 7) is 2.77. The summed E-state index contributed by atoms with van der Waals surface area (Å²) < 4.78 is 0. The molecule has 0 atom stereocenters. The summed E-state index contributed by atoms with van der Waals surface area (Å²) >= 11 is 1.66. The van der Waals surface area contributed by atoms with Gasteiger partial charge in [-0.15, -0.1) is 11.3 Å². The summed E-state index contributed by atoms with van der Waals surface area (Å²) in [5, 5.41) is 3.26. The minimum atomic E-state index is 0.219. The van der Waals surface area contributed by atoms with E-state index >= 15 is 0 Å². The number of hydrogen-bond acceptors (Lipinski definition) is 7. The molecule has 0 saturated carbocycles. The number of hydrogen-bond donors (Lipinski definition) is 3. The summed E-state index contributed by atoms with van der Waals surface area (Å²) in [5.74, 6) is 0.901. The lowest BCUT2D eigenvalue weighted by molar-refractivity contribution is 1.01. The quantitative estimate of drug-likeness (QED) is 0.664. The Bertz CT molecular complexity index is 702. The Morgan fingerprint density at radius 1 is 1.37 bits per heavy atom. The Morgan fingerprint density at radius 3 is 3.05 bits per heavy atom. The fraction of sp³-hybridized carbons (Fsp3) is 0.273. The van der Waals surface area contributed by atoms with Gasteiger partial charge in [0.15, 0.2) is 11.5 Å². The second kappa shape index (κ2) is 4.81. The second-order valence-corrected chi connectivity index (χ2v) is 5.01. The van der Waals surface area contributed by atoms with Crippen molar-refractivity contribution in [2.24, 2.45) is 0 Å². The normalized spacial score (nSPS) is 11.0. The van der Waals surface area contributed by atoms with Crippen molar-refractivity contribution in [1.82, 2.24) is 24.9 Å². The van der Waals surface area contributed by atoms with Gasteiger partial charge in [-0.25, -0.2) is 9.97 Å². The largest absolute Gasteiger partial charge is 0.368 e. The van der Waals surface area contributed by atoms with E-state index in [2.05, 4.69) is 30.2 Å². The third-order valence-corrected chi connectivity index (χ3v) is 3.79. The zero-order chi connectivity index (χ0) is 13.2. The molecule has 0 aromatic carbocycles. The lowest BCUT2D eigenvalue weighted by Gasteiger charge is -2.06. The molecule has 0 saturated heterocycles. The molecule has 0 spiro atoms. The summed E-state index contributed by atoms with van der Waals surface area (Å²) in [6, 6.07) is 0. The van der Waals surface area contributed by atoms with Crippen LogP contribution in [0.1, 0.15) is 10.6 Å². The molecule has 0 unspecified atom stereocenters. The SMILES string of the molecule is Cc1ncsc1CCNc1nc(N)nc2nc[nH]c12. The summed E-state index contributed by atoms with van der Waals surface area (Å²) in [6.07, 6.45) is 2.48. The first-order chi connectivity index (χ1) is 9.24. The Hall–Kier alpha value is -2.22. The van der Waals surface area contributed by atoms with Crippen LogP contribution in [0.3, 0.4) is 0 Å². The molecule has 0 bridgehead atoms. The molecule has 0 aliphatic carbocycles. The van der Waals surface area contributed by atoms with Crippen LogP contribution in [0.4, 0.5) is 11.8 Å². The lowest BCUT2D eigenvalue weighted by Crippen LogP contribution is -2.08. The number of aromatic amines is 1. The van der Waals surface area contributed by atoms with E-state index in [0.29, 0.717) is 11.5 Å². The van der Waals surface area contributed by atoms with Gasteiger partial charge in [0, 0.05) is 17.8 Å². The van der Waals surface area contributed by atoms with Gasteiger partial charge in [-0.3, -0.25) is 0 Å². The van der Waals surface area contributed by atoms with Crippen LogP contribution >= 0.6 is 11.3 Å². The van der Waals surface area contributed by atoms with Crippen molar-refractivity contribution in [3.8, 4) is 0 Å². The second-order valence-electron chi connectivity index (χ2n) is 4.07. The average Bonchev–Trinajstić information content (AvgIpc) is 2.98. The zero-order valence-corrected chi connectivity index (χ0v) is 11.2. The molecule has 8 heteroatoms. The van der Waals surface area contributed by atoms with Gasteiger partial charge in [0.05, 0.1) is 17.5 Å². The third-order valence-electron chi connectivity index (χ3n) is 2.79. The minimum absolute atomic E-state index is 0.219. The number of aryl methyl sites for hydroxylation is 1. The molecule has 0 radical (unpaired) electrons. The number of anilines is 2. The van der Waals surface area contributed by atoms with Crippen molar-refractivity contribution in [2.45, 2.75) is 13.3 Å². The molecule has 3 aromatic heterocycles. The number of aromatic nitrogens is 5. The van der Waals surface area contributed by atoms with Crippen LogP contribution in [0.25, 0.3) is 11.2 Å². The first-order valence-corrected chi connectivity index (χ1v) is 6.71. The van der Waals surface area contributed by atoms with Gasteiger partial charge >= 0.3 is 0 Å². The molecular weight excluding hydrogens is 262 g/mol. The molecule has 0 aliphatic heterocycles. The number of nitrogens with one attached hydrogen (secondary N) is 2. The van der Waals surface area contributed by atoms with Crippen molar-refractivity contribution in [3.05, 3.63) is 22.4 Å². The van der Waals surface area contributed by atoms with Gasteiger partial charge in [-0.2, -0.15) is 9.97 Å². The maximum absolute atomic E-state index is 5.65. The predicted molar refractivity (Wildman–Crippen MR) is 75.1 cm³/mol. The summed E-state index contributed by atoms with van der Waals surface area (Å²) in [4.78, 5) is 20.8. The number of fused-ring (bicyclic) bond motifs is 1. The van der Waals surface area contributed by atoms with Crippen LogP contribution in [0.5, 0.6) is 0 Å². The van der Waals surface area contributed by atoms with Crippen LogP contribution in [-0.2, 0) is 6.42 Å². The van der Waals surface area contributed by atoms with E-state index in [0.717, 1.165) is 24.2 Å². The molecule has 19 heavy (non-hydrogen) atoms. The Morgan fingerprint density at radius 2 is 2.26 bits per heavy atom. The Kier molecular flexibility index (Phi) is 3.00. The monoisotopic (exact) mass is 275 g/mol. The number of thiazole rings is 1. The Labute approximate surface area is 113 Å². The predicted octanol–water partition coefficient (Wildman–Crippen LogP) is 1.35. The highest BCUT2D eigenvalue weighted by atomic mass is 32.1. The molecule has 3 heterocycles. The molecule has 98 valence electrons. The highest BCUT2D eigenvalue weighted by Gasteiger charge is 2.08. The van der Waals surface area contributed by atoms with Crippen molar-refractivity contribution < 1.29 is 0 Å². The lowest BCUT2D eigenvalue weighted by atomic mass is 10.3. The standard InChI is InChI=1S/C11H13N7S/c1-6-7(19-5-16-6)2-3-13-9-8-10(15-4-14-8)18-11(12)17-9/h4-5H,2-3H2,1H3,(H4,12,13,14,15,17,18). The number of H-pyrrole nitrogens is 1. The molecule has 0 fully saturated rings. The number of imidazole rings is 1. The molecule has 0 aliphatic rings. The van der Waals surface area contributed by atoms with E-state index in [9.17, 15) is 0 Å². The first kappa shape index (κ1) is 11.8. The highest BCUT2D eigenvalue weighted by molar-refractivity contribution is 7.09. The van der Waals surface area contributed by atoms with Gasteiger partial charge in [-0.1, -0.05) is 0 Å². The van der Waals surface area contributed by atoms with Gasteiger partial charge < -0.3 is 16.0 Å². The van der Waals surface area contributed by atoms with E-state index in [-0.39, 0.29) is 5.95 Å². The first-order valence-electron chi connectivity index (χ1n) is 5.83. The van der Waals surface area contributed by atoms with Crippen LogP contribution in [-0.4, -0.2) is 31.5 Å². The van der Waals surface area contributed by atoms with Crippen molar-refractivity contribution >= 4 is 34.3 Å². The Balaban J connectivity index is 1.75. The molecule has 3 rings (SSSR count). The number of nitrogens with zero attached hydrogens (tertiary/aromatic N) is 4. The van der Waals surface area contributed by atoms with Gasteiger partial charge in [0.25, 0.3) is 0 Å². The minimum Gasteiger partial charge on any atom is -0.368 e. The van der Waals surface area contributed by atoms with Gasteiger partial charge in [-0.05, 0) is 6.92 Å². The molecule has 0 amide bonds. The molecule has 4 N–H and O–H groups in total. The molecule has 3 aromatic rings. The smallest absolute Gasteiger partial charge is 0.224 e. The van der Waals surface area contributed by atoms with Crippen LogP contribution < -0.4 is 11.1 Å². The van der Waals surface area contributed by atoms with Crippen LogP contribution in [0.2, 0.25) is 0 Å². The van der Waals surface area contributed by atoms with E-state index < -0.39 is 0 Å². The van der Waals surface area contributed by atoms with Crippen LogP contribution in [0.15, 0.2) is 11.8 Å². The molecular formula is C11H13N7S. The van der Waals surface area contributed by atoms with Crippen molar-refractivity contribution in [3.63, 3.8) is 0 Å². The highest BCUT2D eigenvalue weighted by Crippen LogP contribution is 2.18. The fourth-order valence-electron chi connectivity index (χ4n) is 1.84. The van der Waals surface area contributed by atoms with E-state index in [1.807, 2.05) is 12.4 Å². The maximum Gasteiger partial charge on any atom is 0.224 e. The van der Waals surface area contributed by atoms with Gasteiger partial charge in [0.1, 0.15) is 5.52 Å². The zero-order valence-electron chi connectivity index (χ0n) is 10.3. The van der Waals surface area contributed by atoms with Crippen molar-refractivity contribution in [1.29, 1.82) is 0 Å². The summed E-state index contributed by atoms with van der Waals surface area (Å²) in [5.41, 5.74) is 9.94. The third kappa shape index (κ3) is 2.34. The topological polar surface area (TPSA) is 105 Å². The average molecular weight is 275 g/mol. The van der Waals surface area contributed by atoms with E-state index in [1.54, 1.807) is 17.7 Å². The molecule has 7 nitrogen and oxygen atoms in total. The fourth-order valence-corrected chi connectivity index (χ4v) is 2.62. The van der Waals surface area contributed by atoms with Crippen LogP contribution in [0, 0.1) is 6.92 Å². The van der Waals surface area contributed by atoms with E-state index in [4.69, 9.17) is 5.73 Å². The number of nitrogens with two attached hydrogens (primary N) is 1. The number of rotatable bonds is 4. The number of nitrogen functional groups attached to an aromatic ring is 1.